The normalized spacial score (nSPS) is 11.2. The second kappa shape index (κ2) is 7.20. The lowest BCUT2D eigenvalue weighted by molar-refractivity contribution is -0.138. The van der Waals surface area contributed by atoms with Crippen molar-refractivity contribution >= 4 is 23.3 Å². The van der Waals surface area contributed by atoms with Crippen molar-refractivity contribution in [3.63, 3.8) is 0 Å². The van der Waals surface area contributed by atoms with Crippen LogP contribution in [0, 0.1) is 11.3 Å². The van der Waals surface area contributed by atoms with Gasteiger partial charge in [-0.2, -0.15) is 0 Å². The van der Waals surface area contributed by atoms with E-state index in [1.807, 2.05) is 13.8 Å². The van der Waals surface area contributed by atoms with Gasteiger partial charge in [0.2, 0.25) is 11.8 Å². The lowest BCUT2D eigenvalue weighted by Crippen LogP contribution is -2.46. The number of carbonyl (C=O) groups excluding carboxylic acids is 3. The van der Waals surface area contributed by atoms with Gasteiger partial charge < -0.3 is 10.6 Å². The van der Waals surface area contributed by atoms with Crippen LogP contribution >= 0.6 is 0 Å². The molecule has 0 saturated carbocycles. The molecule has 0 radical (unpaired) electrons. The molecule has 0 fully saturated rings. The summed E-state index contributed by atoms with van der Waals surface area (Å²) in [4.78, 5) is 35.9. The Hall–Kier alpha value is -2.17. The molecule has 2 amide bonds. The van der Waals surface area contributed by atoms with Crippen LogP contribution in [0.1, 0.15) is 45.0 Å². The number of carbonyl (C=O) groups is 3. The summed E-state index contributed by atoms with van der Waals surface area (Å²) in [5.74, 6) is -0.490. The number of hydrogen-bond acceptors (Lipinski definition) is 3. The summed E-state index contributed by atoms with van der Waals surface area (Å²) in [6.45, 7) is 9.11. The number of ketones is 1. The fourth-order valence-electron chi connectivity index (χ4n) is 1.72. The van der Waals surface area contributed by atoms with Gasteiger partial charge in [0.15, 0.2) is 5.78 Å². The number of Topliss-reactive ketones (excluding diaryl/α,β-unsaturated/α-hetero) is 1. The van der Waals surface area contributed by atoms with Gasteiger partial charge in [-0.25, -0.2) is 0 Å². The Kier molecular flexibility index (Phi) is 5.85. The first kappa shape index (κ1) is 17.9. The summed E-state index contributed by atoms with van der Waals surface area (Å²) in [6.07, 6.45) is 0. The van der Waals surface area contributed by atoms with Crippen LogP contribution in [0.3, 0.4) is 0 Å². The van der Waals surface area contributed by atoms with Crippen LogP contribution < -0.4 is 10.6 Å². The maximum Gasteiger partial charge on any atom is 0.239 e. The number of amides is 2. The van der Waals surface area contributed by atoms with Crippen molar-refractivity contribution in [1.82, 2.24) is 5.32 Å². The van der Waals surface area contributed by atoms with Crippen molar-refractivity contribution in [2.24, 2.45) is 11.3 Å². The molecule has 0 aliphatic rings. The van der Waals surface area contributed by atoms with Gasteiger partial charge in [-0.1, -0.05) is 26.0 Å². The van der Waals surface area contributed by atoms with Gasteiger partial charge in [-0.3, -0.25) is 14.4 Å². The molecule has 22 heavy (non-hydrogen) atoms. The molecule has 5 heteroatoms. The fraction of sp³-hybridized carbons (Fsp3) is 0.471. The number of nitrogens with one attached hydrogen (secondary N) is 2. The van der Waals surface area contributed by atoms with E-state index in [1.54, 1.807) is 38.1 Å². The predicted octanol–water partition coefficient (Wildman–Crippen LogP) is 2.63. The molecule has 2 N–H and O–H groups in total. The summed E-state index contributed by atoms with van der Waals surface area (Å²) >= 11 is 0. The summed E-state index contributed by atoms with van der Waals surface area (Å²) in [6, 6.07) is 6.66. The predicted molar refractivity (Wildman–Crippen MR) is 86.7 cm³/mol. The van der Waals surface area contributed by atoms with Crippen LogP contribution in [0.5, 0.6) is 0 Å². The minimum absolute atomic E-state index is 0.0787. The molecule has 0 spiro atoms. The molecular formula is C17H24N2O3. The second-order valence-corrected chi connectivity index (χ2v) is 6.32. The fourth-order valence-corrected chi connectivity index (χ4v) is 1.72. The van der Waals surface area contributed by atoms with Gasteiger partial charge in [0.25, 0.3) is 0 Å². The van der Waals surface area contributed by atoms with E-state index < -0.39 is 11.3 Å². The smallest absolute Gasteiger partial charge is 0.239 e. The molecule has 0 heterocycles. The molecule has 0 saturated heterocycles. The van der Waals surface area contributed by atoms with Crippen molar-refractivity contribution in [1.29, 1.82) is 0 Å². The standard InChI is InChI=1S/C17H24N2O3/c1-11(2)10-18-15(21)17(4,5)16(22)19-14-8-6-7-13(9-14)12(3)20/h6-9,11H,10H2,1-5H3,(H,18,21)(H,19,22). The minimum Gasteiger partial charge on any atom is -0.355 e. The third kappa shape index (κ3) is 4.69. The first-order valence-electron chi connectivity index (χ1n) is 7.35. The molecule has 0 aliphatic heterocycles. The van der Waals surface area contributed by atoms with E-state index in [-0.39, 0.29) is 11.7 Å². The molecule has 0 aliphatic carbocycles. The quantitative estimate of drug-likeness (QED) is 0.626. The number of anilines is 1. The Morgan fingerprint density at radius 3 is 2.32 bits per heavy atom. The maximum absolute atomic E-state index is 12.3. The zero-order chi connectivity index (χ0) is 16.9. The Balaban J connectivity index is 2.80. The average molecular weight is 304 g/mol. The largest absolute Gasteiger partial charge is 0.355 e. The van der Waals surface area contributed by atoms with Gasteiger partial charge in [0, 0.05) is 17.8 Å². The highest BCUT2D eigenvalue weighted by Crippen LogP contribution is 2.20. The SMILES string of the molecule is CC(=O)c1cccc(NC(=O)C(C)(C)C(=O)NCC(C)C)c1. The monoisotopic (exact) mass is 304 g/mol. The van der Waals surface area contributed by atoms with E-state index in [9.17, 15) is 14.4 Å². The van der Waals surface area contributed by atoms with E-state index in [4.69, 9.17) is 0 Å². The van der Waals surface area contributed by atoms with E-state index in [0.29, 0.717) is 23.7 Å². The number of rotatable bonds is 6. The second-order valence-electron chi connectivity index (χ2n) is 6.32. The van der Waals surface area contributed by atoms with Crippen molar-refractivity contribution in [3.05, 3.63) is 29.8 Å². The van der Waals surface area contributed by atoms with Crippen LogP contribution in [-0.4, -0.2) is 24.1 Å². The molecule has 0 unspecified atom stereocenters. The molecule has 1 aromatic rings. The Morgan fingerprint density at radius 2 is 1.77 bits per heavy atom. The molecule has 0 bridgehead atoms. The summed E-state index contributed by atoms with van der Waals surface area (Å²) in [5, 5.41) is 5.46. The van der Waals surface area contributed by atoms with Gasteiger partial charge in [0.05, 0.1) is 0 Å². The Bertz CT molecular complexity index is 577. The third-order valence-electron chi connectivity index (χ3n) is 3.33. The van der Waals surface area contributed by atoms with Crippen LogP contribution in [0.4, 0.5) is 5.69 Å². The molecule has 0 atom stereocenters. The highest BCUT2D eigenvalue weighted by Gasteiger charge is 2.36. The van der Waals surface area contributed by atoms with Crippen molar-refractivity contribution in [3.8, 4) is 0 Å². The van der Waals surface area contributed by atoms with Crippen LogP contribution in [-0.2, 0) is 9.59 Å². The van der Waals surface area contributed by atoms with Crippen molar-refractivity contribution in [2.45, 2.75) is 34.6 Å². The number of benzene rings is 1. The maximum atomic E-state index is 12.3. The minimum atomic E-state index is -1.19. The van der Waals surface area contributed by atoms with Gasteiger partial charge in [0.1, 0.15) is 5.41 Å². The average Bonchev–Trinajstić information content (AvgIpc) is 2.44. The molecule has 120 valence electrons. The van der Waals surface area contributed by atoms with Gasteiger partial charge in [-0.15, -0.1) is 0 Å². The van der Waals surface area contributed by atoms with Gasteiger partial charge in [-0.05, 0) is 38.8 Å². The van der Waals surface area contributed by atoms with Gasteiger partial charge >= 0.3 is 0 Å². The highest BCUT2D eigenvalue weighted by molar-refractivity contribution is 6.10. The van der Waals surface area contributed by atoms with E-state index in [1.165, 1.54) is 6.92 Å². The highest BCUT2D eigenvalue weighted by atomic mass is 16.2. The topological polar surface area (TPSA) is 75.3 Å². The molecule has 5 nitrogen and oxygen atoms in total. The van der Waals surface area contributed by atoms with E-state index >= 15 is 0 Å². The lowest BCUT2D eigenvalue weighted by Gasteiger charge is -2.23. The lowest BCUT2D eigenvalue weighted by atomic mass is 9.90. The first-order chi connectivity index (χ1) is 10.1. The zero-order valence-corrected chi connectivity index (χ0v) is 13.8. The first-order valence-corrected chi connectivity index (χ1v) is 7.35. The Morgan fingerprint density at radius 1 is 1.14 bits per heavy atom. The molecule has 1 rings (SSSR count). The summed E-state index contributed by atoms with van der Waals surface area (Å²) in [7, 11) is 0. The van der Waals surface area contributed by atoms with E-state index in [0.717, 1.165) is 0 Å². The van der Waals surface area contributed by atoms with Crippen LogP contribution in [0.15, 0.2) is 24.3 Å². The third-order valence-corrected chi connectivity index (χ3v) is 3.33. The molecule has 1 aromatic carbocycles. The van der Waals surface area contributed by atoms with Crippen LogP contribution in [0.25, 0.3) is 0 Å². The number of hydrogen-bond donors (Lipinski definition) is 2. The van der Waals surface area contributed by atoms with Crippen molar-refractivity contribution < 1.29 is 14.4 Å². The summed E-state index contributed by atoms with van der Waals surface area (Å²) < 4.78 is 0. The Labute approximate surface area is 131 Å². The summed E-state index contributed by atoms with van der Waals surface area (Å²) in [5.41, 5.74) is -0.177. The molecular weight excluding hydrogens is 280 g/mol. The van der Waals surface area contributed by atoms with Crippen molar-refractivity contribution in [2.75, 3.05) is 11.9 Å². The molecule has 0 aromatic heterocycles. The van der Waals surface area contributed by atoms with Crippen LogP contribution in [0.2, 0.25) is 0 Å². The zero-order valence-electron chi connectivity index (χ0n) is 13.8. The van der Waals surface area contributed by atoms with E-state index in [2.05, 4.69) is 10.6 Å².